The zero-order valence-electron chi connectivity index (χ0n) is 14.3. The number of amides is 2. The van der Waals surface area contributed by atoms with Gasteiger partial charge in [0.25, 0.3) is 5.56 Å². The Morgan fingerprint density at radius 2 is 2.04 bits per heavy atom. The molecule has 0 fully saturated rings. The van der Waals surface area contributed by atoms with E-state index in [4.69, 9.17) is 10.2 Å². The maximum atomic E-state index is 12.6. The van der Waals surface area contributed by atoms with Gasteiger partial charge in [-0.15, -0.1) is 11.3 Å². The SMILES string of the molecule is NC(=O)Cn1c(=O)n(CCCC(=O)NCc2ccco2)c(=O)c2sccc21. The van der Waals surface area contributed by atoms with Gasteiger partial charge < -0.3 is 15.5 Å². The number of thiophene rings is 1. The van der Waals surface area contributed by atoms with Crippen molar-refractivity contribution >= 4 is 33.4 Å². The molecule has 0 saturated carbocycles. The Bertz CT molecular complexity index is 1080. The van der Waals surface area contributed by atoms with Gasteiger partial charge in [0.05, 0.1) is 18.3 Å². The Morgan fingerprint density at radius 1 is 1.22 bits per heavy atom. The van der Waals surface area contributed by atoms with E-state index >= 15 is 0 Å². The van der Waals surface area contributed by atoms with Crippen molar-refractivity contribution in [3.63, 3.8) is 0 Å². The number of hydrogen-bond acceptors (Lipinski definition) is 6. The predicted octanol–water partition coefficient (Wildman–Crippen LogP) is 0.400. The summed E-state index contributed by atoms with van der Waals surface area (Å²) in [6, 6.07) is 5.08. The average molecular weight is 390 g/mol. The van der Waals surface area contributed by atoms with Crippen molar-refractivity contribution in [2.75, 3.05) is 0 Å². The summed E-state index contributed by atoms with van der Waals surface area (Å²) < 4.78 is 7.73. The maximum absolute atomic E-state index is 12.6. The number of rotatable bonds is 8. The van der Waals surface area contributed by atoms with Crippen LogP contribution in [0.25, 0.3) is 10.2 Å². The molecule has 2 amide bonds. The number of aromatic nitrogens is 2. The Morgan fingerprint density at radius 3 is 2.74 bits per heavy atom. The van der Waals surface area contributed by atoms with Gasteiger partial charge >= 0.3 is 5.69 Å². The van der Waals surface area contributed by atoms with Crippen molar-refractivity contribution < 1.29 is 14.0 Å². The van der Waals surface area contributed by atoms with Crippen LogP contribution in [0.1, 0.15) is 18.6 Å². The number of nitrogens with one attached hydrogen (secondary N) is 1. The highest BCUT2D eigenvalue weighted by atomic mass is 32.1. The third kappa shape index (κ3) is 4.17. The second kappa shape index (κ2) is 8.04. The van der Waals surface area contributed by atoms with Crippen molar-refractivity contribution in [2.24, 2.45) is 5.73 Å². The van der Waals surface area contributed by atoms with E-state index in [9.17, 15) is 19.2 Å². The third-order valence-electron chi connectivity index (χ3n) is 3.98. The molecule has 0 bridgehead atoms. The van der Waals surface area contributed by atoms with Gasteiger partial charge in [0.1, 0.15) is 17.0 Å². The number of nitrogens with two attached hydrogens (primary N) is 1. The maximum Gasteiger partial charge on any atom is 0.332 e. The fourth-order valence-electron chi connectivity index (χ4n) is 2.72. The first kappa shape index (κ1) is 18.6. The Balaban J connectivity index is 1.71. The zero-order valence-corrected chi connectivity index (χ0v) is 15.2. The van der Waals surface area contributed by atoms with E-state index < -0.39 is 17.2 Å². The number of furan rings is 1. The first-order chi connectivity index (χ1) is 13.0. The molecule has 10 heteroatoms. The lowest BCUT2D eigenvalue weighted by atomic mass is 10.3. The lowest BCUT2D eigenvalue weighted by Gasteiger charge is -2.10. The quantitative estimate of drug-likeness (QED) is 0.575. The van der Waals surface area contributed by atoms with Crippen molar-refractivity contribution in [3.8, 4) is 0 Å². The molecule has 0 radical (unpaired) electrons. The number of carbonyl (C=O) groups excluding carboxylic acids is 2. The zero-order chi connectivity index (χ0) is 19.4. The van der Waals surface area contributed by atoms with Crippen LogP contribution < -0.4 is 22.3 Å². The van der Waals surface area contributed by atoms with Crippen LogP contribution >= 0.6 is 11.3 Å². The lowest BCUT2D eigenvalue weighted by Crippen LogP contribution is -2.41. The highest BCUT2D eigenvalue weighted by Gasteiger charge is 2.15. The number of nitrogens with zero attached hydrogens (tertiary/aromatic N) is 2. The van der Waals surface area contributed by atoms with Crippen LogP contribution in [0.2, 0.25) is 0 Å². The Kier molecular flexibility index (Phi) is 5.55. The summed E-state index contributed by atoms with van der Waals surface area (Å²) in [5.74, 6) is -0.252. The van der Waals surface area contributed by atoms with Gasteiger partial charge in [-0.2, -0.15) is 0 Å². The highest BCUT2D eigenvalue weighted by molar-refractivity contribution is 7.17. The largest absolute Gasteiger partial charge is 0.467 e. The van der Waals surface area contributed by atoms with Crippen LogP contribution in [0.4, 0.5) is 0 Å². The van der Waals surface area contributed by atoms with Gasteiger partial charge in [-0.25, -0.2) is 4.79 Å². The van der Waals surface area contributed by atoms with E-state index in [0.717, 1.165) is 4.57 Å². The predicted molar refractivity (Wildman–Crippen MR) is 99.3 cm³/mol. The molecular formula is C17H18N4O5S. The minimum absolute atomic E-state index is 0.0679. The molecule has 0 aliphatic rings. The normalized spacial score (nSPS) is 11.0. The molecule has 0 saturated heterocycles. The van der Waals surface area contributed by atoms with Gasteiger partial charge in [0.15, 0.2) is 0 Å². The summed E-state index contributed by atoms with van der Waals surface area (Å²) in [5, 5.41) is 4.38. The van der Waals surface area contributed by atoms with Crippen LogP contribution in [-0.4, -0.2) is 20.9 Å². The summed E-state index contributed by atoms with van der Waals surface area (Å²) in [7, 11) is 0. The molecule has 3 rings (SSSR count). The monoisotopic (exact) mass is 390 g/mol. The van der Waals surface area contributed by atoms with Crippen LogP contribution in [0.15, 0.2) is 43.8 Å². The van der Waals surface area contributed by atoms with Crippen molar-refractivity contribution in [1.29, 1.82) is 0 Å². The highest BCUT2D eigenvalue weighted by Crippen LogP contribution is 2.15. The third-order valence-corrected chi connectivity index (χ3v) is 4.87. The fourth-order valence-corrected chi connectivity index (χ4v) is 3.57. The molecule has 3 aromatic heterocycles. The van der Waals surface area contributed by atoms with E-state index in [1.54, 1.807) is 23.6 Å². The van der Waals surface area contributed by atoms with Gasteiger partial charge in [0.2, 0.25) is 11.8 Å². The first-order valence-electron chi connectivity index (χ1n) is 8.25. The van der Waals surface area contributed by atoms with E-state index in [-0.39, 0.29) is 32.0 Å². The number of hydrogen-bond donors (Lipinski definition) is 2. The van der Waals surface area contributed by atoms with Gasteiger partial charge in [0, 0.05) is 13.0 Å². The minimum atomic E-state index is -0.674. The summed E-state index contributed by atoms with van der Waals surface area (Å²) in [6.07, 6.45) is 1.96. The van der Waals surface area contributed by atoms with Crippen LogP contribution in [0.5, 0.6) is 0 Å². The van der Waals surface area contributed by atoms with E-state index in [0.29, 0.717) is 22.4 Å². The van der Waals surface area contributed by atoms with Gasteiger partial charge in [-0.1, -0.05) is 0 Å². The first-order valence-corrected chi connectivity index (χ1v) is 9.13. The summed E-state index contributed by atoms with van der Waals surface area (Å²) in [4.78, 5) is 48.3. The molecule has 27 heavy (non-hydrogen) atoms. The lowest BCUT2D eigenvalue weighted by molar-refractivity contribution is -0.121. The molecule has 3 N–H and O–H groups in total. The van der Waals surface area contributed by atoms with Crippen LogP contribution in [0, 0.1) is 0 Å². The van der Waals surface area contributed by atoms with E-state index in [1.165, 1.54) is 22.2 Å². The van der Waals surface area contributed by atoms with Crippen LogP contribution in [-0.2, 0) is 29.2 Å². The summed E-state index contributed by atoms with van der Waals surface area (Å²) >= 11 is 1.19. The number of carbonyl (C=O) groups is 2. The molecular weight excluding hydrogens is 372 g/mol. The summed E-state index contributed by atoms with van der Waals surface area (Å²) in [5.41, 5.74) is 4.56. The van der Waals surface area contributed by atoms with Gasteiger partial charge in [-0.3, -0.25) is 23.5 Å². The molecule has 142 valence electrons. The second-order valence-corrected chi connectivity index (χ2v) is 6.80. The molecule has 9 nitrogen and oxygen atoms in total. The van der Waals surface area contributed by atoms with Crippen molar-refractivity contribution in [3.05, 3.63) is 56.4 Å². The molecule has 0 aliphatic heterocycles. The Labute approximate surface area is 157 Å². The number of fused-ring (bicyclic) bond motifs is 1. The Hall–Kier alpha value is -3.14. The minimum Gasteiger partial charge on any atom is -0.467 e. The molecule has 0 aliphatic carbocycles. The standard InChI is InChI=1S/C17H18N4O5S/c18-13(22)10-21-12-5-8-27-15(12)16(24)20(17(21)25)6-1-4-14(23)19-9-11-3-2-7-26-11/h2-3,5,7-8H,1,4,6,9-10H2,(H2,18,22)(H,19,23). The topological polar surface area (TPSA) is 129 Å². The fraction of sp³-hybridized carbons (Fsp3) is 0.294. The smallest absolute Gasteiger partial charge is 0.332 e. The van der Waals surface area contributed by atoms with Crippen molar-refractivity contribution in [2.45, 2.75) is 32.5 Å². The molecule has 0 spiro atoms. The molecule has 0 unspecified atom stereocenters. The van der Waals surface area contributed by atoms with E-state index in [2.05, 4.69) is 5.32 Å². The molecule has 0 atom stereocenters. The second-order valence-electron chi connectivity index (χ2n) is 5.89. The van der Waals surface area contributed by atoms with Crippen molar-refractivity contribution in [1.82, 2.24) is 14.5 Å². The van der Waals surface area contributed by atoms with E-state index in [1.807, 2.05) is 0 Å². The van der Waals surface area contributed by atoms with Gasteiger partial charge in [-0.05, 0) is 30.0 Å². The molecule has 3 aromatic rings. The molecule has 0 aromatic carbocycles. The summed E-state index contributed by atoms with van der Waals surface area (Å²) in [6.45, 7) is 0.0345. The number of primary amides is 1. The van der Waals surface area contributed by atoms with Crippen LogP contribution in [0.3, 0.4) is 0 Å². The average Bonchev–Trinajstić information content (AvgIpc) is 3.31. The molecule has 3 heterocycles.